The van der Waals surface area contributed by atoms with Crippen molar-refractivity contribution in [2.24, 2.45) is 0 Å². The summed E-state index contributed by atoms with van der Waals surface area (Å²) >= 11 is 0. The number of amides is 1. The predicted octanol–water partition coefficient (Wildman–Crippen LogP) is 0.548. The zero-order valence-corrected chi connectivity index (χ0v) is 11.7. The first kappa shape index (κ1) is 15.0. The molecule has 0 bridgehead atoms. The number of nitrogens with zero attached hydrogens (tertiary/aromatic N) is 2. The number of aliphatic hydroxyl groups excluding tert-OH is 1. The summed E-state index contributed by atoms with van der Waals surface area (Å²) in [5.41, 5.74) is 1.53. The molecule has 0 spiro atoms. The number of nitrogens with one attached hydrogen (secondary N) is 1. The molecule has 0 radical (unpaired) electrons. The van der Waals surface area contributed by atoms with Crippen LogP contribution in [0.25, 0.3) is 11.0 Å². The molecule has 1 aromatic carbocycles. The predicted molar refractivity (Wildman–Crippen MR) is 75.7 cm³/mol. The molecule has 1 heterocycles. The van der Waals surface area contributed by atoms with E-state index in [2.05, 4.69) is 10.3 Å². The van der Waals surface area contributed by atoms with Crippen LogP contribution in [0, 0.1) is 0 Å². The van der Waals surface area contributed by atoms with Gasteiger partial charge in [-0.2, -0.15) is 0 Å². The van der Waals surface area contributed by atoms with Crippen molar-refractivity contribution >= 4 is 22.9 Å². The van der Waals surface area contributed by atoms with E-state index in [9.17, 15) is 14.7 Å². The molecule has 2 rings (SSSR count). The fourth-order valence-corrected chi connectivity index (χ4v) is 2.08. The number of imidazole rings is 1. The topological polar surface area (TPSA) is 104 Å². The number of para-hydroxylation sites is 2. The number of carboxylic acids is 1. The van der Waals surface area contributed by atoms with Crippen LogP contribution in [-0.2, 0) is 9.59 Å². The van der Waals surface area contributed by atoms with E-state index in [4.69, 9.17) is 5.11 Å². The second kappa shape index (κ2) is 5.92. The van der Waals surface area contributed by atoms with E-state index >= 15 is 0 Å². The monoisotopic (exact) mass is 291 g/mol. The summed E-state index contributed by atoms with van der Waals surface area (Å²) in [5.74, 6) is -1.77. The minimum atomic E-state index is -1.34. The first-order valence-electron chi connectivity index (χ1n) is 6.54. The van der Waals surface area contributed by atoms with Crippen molar-refractivity contribution in [2.45, 2.75) is 32.0 Å². The third kappa shape index (κ3) is 3.03. The van der Waals surface area contributed by atoms with Crippen molar-refractivity contribution < 1.29 is 19.8 Å². The van der Waals surface area contributed by atoms with Gasteiger partial charge >= 0.3 is 5.97 Å². The third-order valence-electron chi connectivity index (χ3n) is 3.32. The van der Waals surface area contributed by atoms with Crippen LogP contribution in [0.3, 0.4) is 0 Å². The molecule has 112 valence electrons. The summed E-state index contributed by atoms with van der Waals surface area (Å²) in [6.45, 7) is 2.96. The standard InChI is InChI=1S/C14H17N3O4/c1-8(13(19)16-12(9(2)18)14(20)21)17-7-15-10-5-3-4-6-11(10)17/h3-9,12,18H,1-2H3,(H,16,19)(H,20,21)/t8?,9-,12+/m1/s1. The summed E-state index contributed by atoms with van der Waals surface area (Å²) < 4.78 is 1.66. The lowest BCUT2D eigenvalue weighted by Crippen LogP contribution is -2.49. The molecule has 3 N–H and O–H groups in total. The average molecular weight is 291 g/mol. The molecule has 21 heavy (non-hydrogen) atoms. The molecule has 1 aromatic heterocycles. The Morgan fingerprint density at radius 3 is 2.57 bits per heavy atom. The first-order valence-corrected chi connectivity index (χ1v) is 6.54. The fourth-order valence-electron chi connectivity index (χ4n) is 2.08. The van der Waals surface area contributed by atoms with E-state index in [0.29, 0.717) is 0 Å². The number of aromatic nitrogens is 2. The van der Waals surface area contributed by atoms with Gasteiger partial charge in [0.2, 0.25) is 5.91 Å². The number of fused-ring (bicyclic) bond motifs is 1. The molecule has 0 aliphatic heterocycles. The van der Waals surface area contributed by atoms with Crippen molar-refractivity contribution in [1.82, 2.24) is 14.9 Å². The lowest BCUT2D eigenvalue weighted by atomic mass is 10.1. The van der Waals surface area contributed by atoms with E-state index in [1.165, 1.54) is 13.3 Å². The number of carboxylic acid groups (broad SMARTS) is 1. The van der Waals surface area contributed by atoms with Crippen molar-refractivity contribution in [1.29, 1.82) is 0 Å². The highest BCUT2D eigenvalue weighted by molar-refractivity contribution is 5.87. The molecule has 0 aliphatic rings. The second-order valence-electron chi connectivity index (χ2n) is 4.88. The summed E-state index contributed by atoms with van der Waals surface area (Å²) in [7, 11) is 0. The Labute approximate surface area is 121 Å². The molecule has 7 heteroatoms. The first-order chi connectivity index (χ1) is 9.91. The van der Waals surface area contributed by atoms with Gasteiger partial charge in [-0.05, 0) is 26.0 Å². The normalized spacial score (nSPS) is 15.4. The second-order valence-corrected chi connectivity index (χ2v) is 4.88. The van der Waals surface area contributed by atoms with Gasteiger partial charge in [0.05, 0.1) is 23.5 Å². The van der Waals surface area contributed by atoms with Crippen LogP contribution < -0.4 is 5.32 Å². The Bertz CT molecular complexity index is 665. The summed E-state index contributed by atoms with van der Waals surface area (Å²) in [5, 5.41) is 20.7. The van der Waals surface area contributed by atoms with Crippen LogP contribution in [0.15, 0.2) is 30.6 Å². The largest absolute Gasteiger partial charge is 0.480 e. The molecule has 2 aromatic rings. The van der Waals surface area contributed by atoms with Crippen LogP contribution in [0.5, 0.6) is 0 Å². The summed E-state index contributed by atoms with van der Waals surface area (Å²) in [6.07, 6.45) is 0.353. The number of aliphatic carboxylic acids is 1. The fraction of sp³-hybridized carbons (Fsp3) is 0.357. The van der Waals surface area contributed by atoms with Gasteiger partial charge in [0.15, 0.2) is 6.04 Å². The summed E-state index contributed by atoms with van der Waals surface area (Å²) in [6, 6.07) is 5.36. The molecular formula is C14H17N3O4. The van der Waals surface area contributed by atoms with Gasteiger partial charge in [0.1, 0.15) is 6.04 Å². The quantitative estimate of drug-likeness (QED) is 0.746. The van der Waals surface area contributed by atoms with Gasteiger partial charge in [-0.25, -0.2) is 9.78 Å². The third-order valence-corrected chi connectivity index (χ3v) is 3.32. The van der Waals surface area contributed by atoms with Crippen LogP contribution in [0.4, 0.5) is 0 Å². The number of carbonyl (C=O) groups excluding carboxylic acids is 1. The number of benzene rings is 1. The van der Waals surface area contributed by atoms with E-state index in [-0.39, 0.29) is 0 Å². The van der Waals surface area contributed by atoms with Crippen LogP contribution in [-0.4, -0.2) is 43.8 Å². The molecular weight excluding hydrogens is 274 g/mol. The van der Waals surface area contributed by atoms with Gasteiger partial charge < -0.3 is 20.1 Å². The highest BCUT2D eigenvalue weighted by atomic mass is 16.4. The van der Waals surface area contributed by atoms with Crippen LogP contribution in [0.1, 0.15) is 19.9 Å². The lowest BCUT2D eigenvalue weighted by molar-refractivity contribution is -0.145. The lowest BCUT2D eigenvalue weighted by Gasteiger charge is -2.20. The van der Waals surface area contributed by atoms with Crippen molar-refractivity contribution in [2.75, 3.05) is 0 Å². The van der Waals surface area contributed by atoms with Gasteiger partial charge in [0.25, 0.3) is 0 Å². The Morgan fingerprint density at radius 2 is 1.95 bits per heavy atom. The SMILES string of the molecule is CC(C(=O)N[C@H](C(=O)O)[C@@H](C)O)n1cnc2ccccc21. The van der Waals surface area contributed by atoms with Crippen LogP contribution in [0.2, 0.25) is 0 Å². The number of aliphatic hydroxyl groups is 1. The van der Waals surface area contributed by atoms with Crippen LogP contribution >= 0.6 is 0 Å². The highest BCUT2D eigenvalue weighted by Gasteiger charge is 2.27. The Morgan fingerprint density at radius 1 is 1.29 bits per heavy atom. The molecule has 1 unspecified atom stereocenters. The number of hydrogen-bond acceptors (Lipinski definition) is 4. The van der Waals surface area contributed by atoms with Crippen molar-refractivity contribution in [3.05, 3.63) is 30.6 Å². The van der Waals surface area contributed by atoms with Gasteiger partial charge in [-0.15, -0.1) is 0 Å². The molecule has 0 aliphatic carbocycles. The minimum absolute atomic E-state index is 0.494. The van der Waals surface area contributed by atoms with Crippen molar-refractivity contribution in [3.8, 4) is 0 Å². The van der Waals surface area contributed by atoms with Gasteiger partial charge in [-0.1, -0.05) is 12.1 Å². The smallest absolute Gasteiger partial charge is 0.328 e. The zero-order chi connectivity index (χ0) is 15.6. The van der Waals surface area contributed by atoms with E-state index < -0.39 is 30.1 Å². The van der Waals surface area contributed by atoms with E-state index in [0.717, 1.165) is 11.0 Å². The molecule has 3 atom stereocenters. The number of rotatable bonds is 5. The summed E-state index contributed by atoms with van der Waals surface area (Å²) in [4.78, 5) is 27.4. The minimum Gasteiger partial charge on any atom is -0.480 e. The molecule has 0 saturated carbocycles. The van der Waals surface area contributed by atoms with Gasteiger partial charge in [-0.3, -0.25) is 4.79 Å². The molecule has 1 amide bonds. The molecule has 0 fully saturated rings. The van der Waals surface area contributed by atoms with Gasteiger partial charge in [0, 0.05) is 0 Å². The Kier molecular flexibility index (Phi) is 4.23. The average Bonchev–Trinajstić information content (AvgIpc) is 2.86. The maximum absolute atomic E-state index is 12.2. The van der Waals surface area contributed by atoms with E-state index in [1.807, 2.05) is 24.3 Å². The zero-order valence-electron chi connectivity index (χ0n) is 11.7. The maximum Gasteiger partial charge on any atom is 0.328 e. The van der Waals surface area contributed by atoms with Crippen molar-refractivity contribution in [3.63, 3.8) is 0 Å². The number of hydrogen-bond donors (Lipinski definition) is 3. The highest BCUT2D eigenvalue weighted by Crippen LogP contribution is 2.17. The van der Waals surface area contributed by atoms with E-state index in [1.54, 1.807) is 11.5 Å². The molecule has 7 nitrogen and oxygen atoms in total. The maximum atomic E-state index is 12.2. The Balaban J connectivity index is 2.21. The number of carbonyl (C=O) groups is 2. The molecule has 0 saturated heterocycles. The Hall–Kier alpha value is -2.41.